The number of carbonyl (C=O) groups is 2. The highest BCUT2D eigenvalue weighted by Crippen LogP contribution is 2.50. The van der Waals surface area contributed by atoms with Gasteiger partial charge in [-0.3, -0.25) is 4.79 Å². The highest BCUT2D eigenvalue weighted by Gasteiger charge is 2.53. The number of esters is 1. The molecule has 1 aromatic heterocycles. The minimum Gasteiger partial charge on any atom is -0.497 e. The summed E-state index contributed by atoms with van der Waals surface area (Å²) < 4.78 is 10.5. The molecule has 1 aliphatic rings. The average Bonchev–Trinajstić information content (AvgIpc) is 3.65. The quantitative estimate of drug-likeness (QED) is 0.215. The van der Waals surface area contributed by atoms with Crippen molar-refractivity contribution in [2.75, 3.05) is 20.3 Å². The average molecular weight is 519 g/mol. The lowest BCUT2D eigenvalue weighted by atomic mass is 9.92. The molecule has 0 N–H and O–H groups in total. The van der Waals surface area contributed by atoms with Gasteiger partial charge in [0.15, 0.2) is 5.69 Å². The number of allylic oxidation sites excluding steroid dienone is 1. The second-order valence-electron chi connectivity index (χ2n) is 9.31. The Morgan fingerprint density at radius 3 is 2.46 bits per heavy atom. The van der Waals surface area contributed by atoms with Gasteiger partial charge in [-0.15, -0.1) is 17.9 Å². The van der Waals surface area contributed by atoms with Gasteiger partial charge in [0, 0.05) is 17.3 Å². The molecule has 194 valence electrons. The summed E-state index contributed by atoms with van der Waals surface area (Å²) >= 11 is 1.44. The molecule has 7 heteroatoms. The van der Waals surface area contributed by atoms with E-state index in [4.69, 9.17) is 9.47 Å². The van der Waals surface area contributed by atoms with Crippen molar-refractivity contribution in [3.8, 4) is 5.75 Å². The van der Waals surface area contributed by atoms with Crippen molar-refractivity contribution in [3.63, 3.8) is 0 Å². The van der Waals surface area contributed by atoms with Gasteiger partial charge in [0.25, 0.3) is 0 Å². The molecule has 37 heavy (non-hydrogen) atoms. The van der Waals surface area contributed by atoms with Crippen LogP contribution in [-0.4, -0.2) is 42.0 Å². The molecule has 3 aromatic rings. The Kier molecular flexibility index (Phi) is 8.44. The number of thiazole rings is 1. The number of nitrogens with zero attached hydrogens (tertiary/aromatic N) is 2. The molecule has 1 saturated carbocycles. The van der Waals surface area contributed by atoms with Crippen molar-refractivity contribution in [2.45, 2.75) is 51.0 Å². The van der Waals surface area contributed by atoms with E-state index in [-0.39, 0.29) is 11.8 Å². The van der Waals surface area contributed by atoms with Crippen LogP contribution in [0.1, 0.15) is 63.6 Å². The van der Waals surface area contributed by atoms with E-state index in [2.05, 4.69) is 23.7 Å². The van der Waals surface area contributed by atoms with Gasteiger partial charge in [-0.25, -0.2) is 9.78 Å². The van der Waals surface area contributed by atoms with Gasteiger partial charge in [-0.05, 0) is 56.4 Å². The van der Waals surface area contributed by atoms with Gasteiger partial charge in [0.2, 0.25) is 5.91 Å². The van der Waals surface area contributed by atoms with Crippen LogP contribution in [0.5, 0.6) is 5.75 Å². The zero-order valence-corrected chi connectivity index (χ0v) is 22.6. The Morgan fingerprint density at radius 1 is 1.16 bits per heavy atom. The molecule has 0 radical (unpaired) electrons. The third kappa shape index (κ3) is 5.93. The first-order chi connectivity index (χ1) is 17.9. The number of rotatable bonds is 12. The molecule has 1 unspecified atom stereocenters. The highest BCUT2D eigenvalue weighted by molar-refractivity contribution is 7.11. The molecular formula is C30H34N2O4S. The highest BCUT2D eigenvalue weighted by atomic mass is 32.1. The molecular weight excluding hydrogens is 484 g/mol. The van der Waals surface area contributed by atoms with Crippen LogP contribution in [0.2, 0.25) is 0 Å². The minimum atomic E-state index is -0.529. The maximum Gasteiger partial charge on any atom is 0.358 e. The van der Waals surface area contributed by atoms with Crippen LogP contribution in [0.15, 0.2) is 67.3 Å². The standard InChI is InChI=1S/C30H34N2O4S/c1-5-22(23-10-8-7-9-11-23)16-19-32(20-26-31-27(21(3)37-26)28(33)36-6-2)29(34)30(17-18-30)24-12-14-25(35-4)15-13-24/h5,7-15,22H,1,6,16-20H2,2-4H3. The molecule has 1 amide bonds. The summed E-state index contributed by atoms with van der Waals surface area (Å²) in [6, 6.07) is 18.0. The van der Waals surface area contributed by atoms with Crippen LogP contribution in [0, 0.1) is 6.92 Å². The number of ether oxygens (including phenoxy) is 2. The molecule has 1 fully saturated rings. The zero-order valence-electron chi connectivity index (χ0n) is 21.7. The Morgan fingerprint density at radius 2 is 1.86 bits per heavy atom. The first kappa shape index (κ1) is 26.6. The molecule has 0 aliphatic heterocycles. The summed E-state index contributed by atoms with van der Waals surface area (Å²) in [4.78, 5) is 33.7. The first-order valence-electron chi connectivity index (χ1n) is 12.7. The summed E-state index contributed by atoms with van der Waals surface area (Å²) in [7, 11) is 1.64. The van der Waals surface area contributed by atoms with Crippen LogP contribution < -0.4 is 4.74 Å². The molecule has 1 heterocycles. The van der Waals surface area contributed by atoms with Gasteiger partial charge in [0.05, 0.1) is 25.7 Å². The summed E-state index contributed by atoms with van der Waals surface area (Å²) in [6.07, 6.45) is 4.31. The summed E-state index contributed by atoms with van der Waals surface area (Å²) in [5.41, 5.74) is 1.99. The van der Waals surface area contributed by atoms with E-state index in [0.29, 0.717) is 25.4 Å². The lowest BCUT2D eigenvalue weighted by molar-refractivity contribution is -0.134. The molecule has 4 rings (SSSR count). The van der Waals surface area contributed by atoms with Gasteiger partial charge in [-0.1, -0.05) is 48.5 Å². The van der Waals surface area contributed by atoms with Crippen molar-refractivity contribution < 1.29 is 19.1 Å². The van der Waals surface area contributed by atoms with E-state index in [1.165, 1.54) is 16.9 Å². The molecule has 2 aromatic carbocycles. The van der Waals surface area contributed by atoms with Crippen LogP contribution in [-0.2, 0) is 21.5 Å². The van der Waals surface area contributed by atoms with E-state index in [0.717, 1.165) is 40.5 Å². The smallest absolute Gasteiger partial charge is 0.358 e. The minimum absolute atomic E-state index is 0.0964. The predicted molar refractivity (Wildman–Crippen MR) is 146 cm³/mol. The fourth-order valence-corrected chi connectivity index (χ4v) is 5.64. The summed E-state index contributed by atoms with van der Waals surface area (Å²) in [5, 5.41) is 0.731. The van der Waals surface area contributed by atoms with E-state index < -0.39 is 11.4 Å². The fourth-order valence-electron chi connectivity index (χ4n) is 4.70. The lowest BCUT2D eigenvalue weighted by Gasteiger charge is -2.28. The van der Waals surface area contributed by atoms with Crippen molar-refractivity contribution in [2.24, 2.45) is 0 Å². The number of hydrogen-bond acceptors (Lipinski definition) is 6. The first-order valence-corrected chi connectivity index (χ1v) is 13.5. The van der Waals surface area contributed by atoms with Gasteiger partial charge in [0.1, 0.15) is 10.8 Å². The maximum absolute atomic E-state index is 14.1. The summed E-state index contributed by atoms with van der Waals surface area (Å²) in [5.74, 6) is 0.568. The maximum atomic E-state index is 14.1. The molecule has 6 nitrogen and oxygen atoms in total. The van der Waals surface area contributed by atoms with Crippen LogP contribution in [0.3, 0.4) is 0 Å². The van der Waals surface area contributed by atoms with Gasteiger partial charge in [-0.2, -0.15) is 0 Å². The second-order valence-corrected chi connectivity index (χ2v) is 10.6. The van der Waals surface area contributed by atoms with Crippen LogP contribution >= 0.6 is 11.3 Å². The number of aromatic nitrogens is 1. The third-order valence-electron chi connectivity index (χ3n) is 6.95. The van der Waals surface area contributed by atoms with Crippen molar-refractivity contribution >= 4 is 23.2 Å². The summed E-state index contributed by atoms with van der Waals surface area (Å²) in [6.45, 7) is 8.88. The van der Waals surface area contributed by atoms with Crippen LogP contribution in [0.4, 0.5) is 0 Å². The van der Waals surface area contributed by atoms with Gasteiger partial charge < -0.3 is 14.4 Å². The predicted octanol–water partition coefficient (Wildman–Crippen LogP) is 6.06. The topological polar surface area (TPSA) is 68.7 Å². The number of amides is 1. The number of methoxy groups -OCH3 is 1. The number of carbonyl (C=O) groups excluding carboxylic acids is 2. The van der Waals surface area contributed by atoms with E-state index in [1.54, 1.807) is 14.0 Å². The second kappa shape index (κ2) is 11.7. The molecule has 1 atom stereocenters. The van der Waals surface area contributed by atoms with Crippen LogP contribution in [0.25, 0.3) is 0 Å². The van der Waals surface area contributed by atoms with Crippen molar-refractivity contribution in [1.29, 1.82) is 0 Å². The van der Waals surface area contributed by atoms with E-state index in [1.807, 2.05) is 60.4 Å². The fraction of sp³-hybridized carbons (Fsp3) is 0.367. The Balaban J connectivity index is 1.59. The Labute approximate surface area is 222 Å². The largest absolute Gasteiger partial charge is 0.497 e. The lowest BCUT2D eigenvalue weighted by Crippen LogP contribution is -2.40. The number of aryl methyl sites for hydroxylation is 1. The molecule has 1 aliphatic carbocycles. The molecule has 0 spiro atoms. The Bertz CT molecular complexity index is 1230. The molecule has 0 bridgehead atoms. The van der Waals surface area contributed by atoms with Gasteiger partial charge >= 0.3 is 5.97 Å². The third-order valence-corrected chi connectivity index (χ3v) is 7.90. The monoisotopic (exact) mass is 518 g/mol. The van der Waals surface area contributed by atoms with Crippen molar-refractivity contribution in [1.82, 2.24) is 9.88 Å². The van der Waals surface area contributed by atoms with E-state index >= 15 is 0 Å². The zero-order chi connectivity index (χ0) is 26.4. The Hall–Kier alpha value is -3.45. The van der Waals surface area contributed by atoms with Crippen molar-refractivity contribution in [3.05, 3.63) is 94.0 Å². The van der Waals surface area contributed by atoms with E-state index in [9.17, 15) is 9.59 Å². The number of benzene rings is 2. The molecule has 0 saturated heterocycles. The number of hydrogen-bond donors (Lipinski definition) is 0. The SMILES string of the molecule is C=CC(CCN(Cc1nc(C(=O)OCC)c(C)s1)C(=O)C1(c2ccc(OC)cc2)CC1)c1ccccc1. The normalized spacial score (nSPS) is 14.5.